The summed E-state index contributed by atoms with van der Waals surface area (Å²) in [5.74, 6) is 1.22. The number of fused-ring (bicyclic) bond motifs is 1. The number of rotatable bonds is 5. The van der Waals surface area contributed by atoms with Gasteiger partial charge in [-0.1, -0.05) is 23.7 Å². The predicted molar refractivity (Wildman–Crippen MR) is 104 cm³/mol. The number of methoxy groups -OCH3 is 1. The van der Waals surface area contributed by atoms with Crippen molar-refractivity contribution in [2.45, 2.75) is 13.0 Å². The van der Waals surface area contributed by atoms with Gasteiger partial charge in [-0.3, -0.25) is 4.79 Å². The zero-order valence-electron chi connectivity index (χ0n) is 15.2. The molecule has 1 heterocycles. The van der Waals surface area contributed by atoms with Gasteiger partial charge in [0, 0.05) is 18.6 Å². The molecule has 26 heavy (non-hydrogen) atoms. The first-order valence-electron chi connectivity index (χ1n) is 8.63. The summed E-state index contributed by atoms with van der Waals surface area (Å²) < 4.78 is 11.4. The highest BCUT2D eigenvalue weighted by Gasteiger charge is 2.27. The van der Waals surface area contributed by atoms with E-state index >= 15 is 0 Å². The minimum absolute atomic E-state index is 0.107. The second-order valence-corrected chi connectivity index (χ2v) is 6.71. The van der Waals surface area contributed by atoms with Crippen LogP contribution in [0.1, 0.15) is 17.3 Å². The van der Waals surface area contributed by atoms with E-state index in [1.165, 1.54) is 0 Å². The highest BCUT2D eigenvalue weighted by Crippen LogP contribution is 2.33. The Morgan fingerprint density at radius 1 is 1.35 bits per heavy atom. The van der Waals surface area contributed by atoms with Gasteiger partial charge in [0.2, 0.25) is 0 Å². The van der Waals surface area contributed by atoms with Crippen LogP contribution < -0.4 is 14.4 Å². The third kappa shape index (κ3) is 3.73. The number of carbonyl (C=O) groups is 1. The molecule has 0 saturated heterocycles. The van der Waals surface area contributed by atoms with Gasteiger partial charge in [-0.05, 0) is 37.3 Å². The molecule has 0 bridgehead atoms. The Balaban J connectivity index is 1.75. The molecule has 1 aliphatic rings. The molecule has 2 aromatic rings. The third-order valence-corrected chi connectivity index (χ3v) is 4.76. The second-order valence-electron chi connectivity index (χ2n) is 6.28. The fourth-order valence-electron chi connectivity index (χ4n) is 3.21. The van der Waals surface area contributed by atoms with Crippen LogP contribution in [-0.2, 0) is 0 Å². The molecule has 5 nitrogen and oxygen atoms in total. The van der Waals surface area contributed by atoms with Crippen LogP contribution in [0.5, 0.6) is 11.5 Å². The van der Waals surface area contributed by atoms with Crippen LogP contribution in [0, 0.1) is 0 Å². The average molecular weight is 375 g/mol. The van der Waals surface area contributed by atoms with Gasteiger partial charge < -0.3 is 19.3 Å². The molecule has 138 valence electrons. The molecule has 0 N–H and O–H groups in total. The van der Waals surface area contributed by atoms with Crippen molar-refractivity contribution in [2.75, 3.05) is 38.7 Å². The van der Waals surface area contributed by atoms with Crippen molar-refractivity contribution < 1.29 is 14.3 Å². The van der Waals surface area contributed by atoms with Crippen LogP contribution in [-0.4, -0.2) is 50.7 Å². The van der Waals surface area contributed by atoms with Crippen LogP contribution in [0.3, 0.4) is 0 Å². The molecule has 1 amide bonds. The number of halogens is 1. The van der Waals surface area contributed by atoms with Gasteiger partial charge in [-0.15, -0.1) is 0 Å². The van der Waals surface area contributed by atoms with Gasteiger partial charge in [0.1, 0.15) is 17.6 Å². The van der Waals surface area contributed by atoms with E-state index in [1.54, 1.807) is 37.3 Å². The molecule has 0 radical (unpaired) electrons. The Morgan fingerprint density at radius 2 is 2.12 bits per heavy atom. The van der Waals surface area contributed by atoms with Crippen molar-refractivity contribution >= 4 is 23.2 Å². The van der Waals surface area contributed by atoms with Crippen LogP contribution in [0.25, 0.3) is 0 Å². The monoisotopic (exact) mass is 374 g/mol. The van der Waals surface area contributed by atoms with Crippen molar-refractivity contribution in [1.82, 2.24) is 4.90 Å². The molecule has 0 saturated carbocycles. The Labute approximate surface area is 159 Å². The zero-order valence-corrected chi connectivity index (χ0v) is 16.0. The molecule has 1 aliphatic heterocycles. The Hall–Kier alpha value is -2.40. The lowest BCUT2D eigenvalue weighted by atomic mass is 10.1. The molecule has 1 atom stereocenters. The van der Waals surface area contributed by atoms with E-state index in [0.29, 0.717) is 22.9 Å². The predicted octanol–water partition coefficient (Wildman–Crippen LogP) is 3.71. The first-order chi connectivity index (χ1) is 12.5. The van der Waals surface area contributed by atoms with Crippen molar-refractivity contribution in [2.24, 2.45) is 0 Å². The van der Waals surface area contributed by atoms with E-state index < -0.39 is 0 Å². The summed E-state index contributed by atoms with van der Waals surface area (Å²) >= 11 is 6.05. The molecular weight excluding hydrogens is 352 g/mol. The number of ether oxygens (including phenoxy) is 2. The van der Waals surface area contributed by atoms with Crippen LogP contribution in [0.15, 0.2) is 42.5 Å². The first-order valence-corrected chi connectivity index (χ1v) is 9.01. The zero-order chi connectivity index (χ0) is 18.7. The topological polar surface area (TPSA) is 42.0 Å². The first kappa shape index (κ1) is 18.4. The van der Waals surface area contributed by atoms with Gasteiger partial charge in [-0.25, -0.2) is 0 Å². The molecule has 6 heteroatoms. The SMILES string of the molecule is CCN1CC(CN(C)C(=O)c2cc(Cl)ccc2OC)Oc2ccccc21. The summed E-state index contributed by atoms with van der Waals surface area (Å²) in [4.78, 5) is 16.8. The molecule has 0 fully saturated rings. The summed E-state index contributed by atoms with van der Waals surface area (Å²) in [5, 5.41) is 0.502. The van der Waals surface area contributed by atoms with E-state index in [9.17, 15) is 4.79 Å². The summed E-state index contributed by atoms with van der Waals surface area (Å²) in [7, 11) is 3.31. The number of likely N-dealkylation sites (N-methyl/N-ethyl adjacent to an activating group) is 2. The quantitative estimate of drug-likeness (QED) is 0.800. The van der Waals surface area contributed by atoms with E-state index in [4.69, 9.17) is 21.1 Å². The van der Waals surface area contributed by atoms with Crippen molar-refractivity contribution in [3.8, 4) is 11.5 Å². The van der Waals surface area contributed by atoms with Crippen molar-refractivity contribution in [3.05, 3.63) is 53.1 Å². The highest BCUT2D eigenvalue weighted by atomic mass is 35.5. The third-order valence-electron chi connectivity index (χ3n) is 4.52. The summed E-state index contributed by atoms with van der Waals surface area (Å²) in [5.41, 5.74) is 1.54. The van der Waals surface area contributed by atoms with E-state index in [2.05, 4.69) is 17.9 Å². The minimum atomic E-state index is -0.144. The lowest BCUT2D eigenvalue weighted by Crippen LogP contribution is -2.46. The van der Waals surface area contributed by atoms with E-state index in [0.717, 1.165) is 24.5 Å². The standard InChI is InChI=1S/C20H23ClN2O3/c1-4-23-13-15(26-19-8-6-5-7-17(19)23)12-22(2)20(24)16-11-14(21)9-10-18(16)25-3/h5-11,15H,4,12-13H2,1-3H3. The molecule has 2 aromatic carbocycles. The van der Waals surface area contributed by atoms with Crippen LogP contribution in [0.2, 0.25) is 5.02 Å². The number of nitrogens with zero attached hydrogens (tertiary/aromatic N) is 2. The minimum Gasteiger partial charge on any atom is -0.496 e. The molecule has 0 aromatic heterocycles. The number of hydrogen-bond donors (Lipinski definition) is 0. The second kappa shape index (κ2) is 7.87. The average Bonchev–Trinajstić information content (AvgIpc) is 2.66. The number of benzene rings is 2. The Bertz CT molecular complexity index is 796. The number of carbonyl (C=O) groups excluding carboxylic acids is 1. The van der Waals surface area contributed by atoms with E-state index in [-0.39, 0.29) is 12.0 Å². The Kier molecular flexibility index (Phi) is 5.57. The fraction of sp³-hybridized carbons (Fsp3) is 0.350. The summed E-state index contributed by atoms with van der Waals surface area (Å²) in [6.07, 6.45) is -0.107. The van der Waals surface area contributed by atoms with Gasteiger partial charge in [0.05, 0.1) is 31.5 Å². The van der Waals surface area contributed by atoms with Crippen molar-refractivity contribution in [3.63, 3.8) is 0 Å². The lowest BCUT2D eigenvalue weighted by Gasteiger charge is -2.37. The molecule has 1 unspecified atom stereocenters. The van der Waals surface area contributed by atoms with Crippen molar-refractivity contribution in [1.29, 1.82) is 0 Å². The molecule has 0 spiro atoms. The summed E-state index contributed by atoms with van der Waals surface area (Å²) in [6.45, 7) is 4.21. The molecule has 0 aliphatic carbocycles. The maximum atomic E-state index is 12.9. The molecule has 3 rings (SSSR count). The Morgan fingerprint density at radius 3 is 2.85 bits per heavy atom. The number of anilines is 1. The maximum Gasteiger partial charge on any atom is 0.257 e. The smallest absolute Gasteiger partial charge is 0.257 e. The largest absolute Gasteiger partial charge is 0.496 e. The van der Waals surface area contributed by atoms with E-state index in [1.807, 2.05) is 18.2 Å². The van der Waals surface area contributed by atoms with Gasteiger partial charge in [-0.2, -0.15) is 0 Å². The number of amides is 1. The number of hydrogen-bond acceptors (Lipinski definition) is 4. The lowest BCUT2D eigenvalue weighted by molar-refractivity contribution is 0.0706. The number of para-hydroxylation sites is 2. The molecular formula is C20H23ClN2O3. The maximum absolute atomic E-state index is 12.9. The van der Waals surface area contributed by atoms with Crippen LogP contribution in [0.4, 0.5) is 5.69 Å². The highest BCUT2D eigenvalue weighted by molar-refractivity contribution is 6.31. The van der Waals surface area contributed by atoms with Gasteiger partial charge in [0.25, 0.3) is 5.91 Å². The van der Waals surface area contributed by atoms with Crippen LogP contribution >= 0.6 is 11.6 Å². The summed E-state index contributed by atoms with van der Waals surface area (Å²) in [6, 6.07) is 13.0. The van der Waals surface area contributed by atoms with Gasteiger partial charge >= 0.3 is 0 Å². The normalized spacial score (nSPS) is 15.8. The fourth-order valence-corrected chi connectivity index (χ4v) is 3.39. The van der Waals surface area contributed by atoms with Gasteiger partial charge in [0.15, 0.2) is 0 Å².